The van der Waals surface area contributed by atoms with Crippen molar-refractivity contribution in [2.45, 2.75) is 25.2 Å². The molecule has 0 bridgehead atoms. The Kier molecular flexibility index (Phi) is 4.26. The van der Waals surface area contributed by atoms with E-state index in [1.54, 1.807) is 11.1 Å². The van der Waals surface area contributed by atoms with Gasteiger partial charge in [-0.3, -0.25) is 14.7 Å². The van der Waals surface area contributed by atoms with Crippen molar-refractivity contribution < 1.29 is 9.59 Å². The van der Waals surface area contributed by atoms with Gasteiger partial charge < -0.3 is 9.80 Å². The van der Waals surface area contributed by atoms with E-state index in [0.29, 0.717) is 25.4 Å². The lowest BCUT2D eigenvalue weighted by Crippen LogP contribution is -2.43. The molecule has 6 heteroatoms. The summed E-state index contributed by atoms with van der Waals surface area (Å²) in [4.78, 5) is 29.0. The molecule has 2 aliphatic rings. The van der Waals surface area contributed by atoms with Crippen LogP contribution in [0.2, 0.25) is 0 Å². The third-order valence-corrected chi connectivity index (χ3v) is 5.24. The SMILES string of the molecule is O=C([C@@H]1CC(=O)N(c2ccccc2)C1)N1CCC[C@H](c2ccn[nH]2)C1. The molecule has 2 amide bonds. The zero-order valence-corrected chi connectivity index (χ0v) is 14.1. The fourth-order valence-electron chi connectivity index (χ4n) is 3.91. The third kappa shape index (κ3) is 3.16. The number of nitrogens with zero attached hydrogens (tertiary/aromatic N) is 3. The summed E-state index contributed by atoms with van der Waals surface area (Å²) in [5.74, 6) is 0.207. The van der Waals surface area contributed by atoms with Crippen LogP contribution >= 0.6 is 0 Å². The number of hydrogen-bond donors (Lipinski definition) is 1. The van der Waals surface area contributed by atoms with Gasteiger partial charge in [0.2, 0.25) is 11.8 Å². The molecule has 2 atom stereocenters. The highest BCUT2D eigenvalue weighted by Gasteiger charge is 2.38. The molecule has 130 valence electrons. The molecule has 2 fully saturated rings. The third-order valence-electron chi connectivity index (χ3n) is 5.24. The minimum Gasteiger partial charge on any atom is -0.342 e. The molecule has 0 saturated carbocycles. The zero-order valence-electron chi connectivity index (χ0n) is 14.1. The van der Waals surface area contributed by atoms with Gasteiger partial charge in [-0.05, 0) is 31.0 Å². The lowest BCUT2D eigenvalue weighted by atomic mass is 9.93. The predicted molar refractivity (Wildman–Crippen MR) is 94.0 cm³/mol. The van der Waals surface area contributed by atoms with Crippen molar-refractivity contribution >= 4 is 17.5 Å². The number of para-hydroxylation sites is 1. The maximum absolute atomic E-state index is 13.0. The van der Waals surface area contributed by atoms with E-state index in [2.05, 4.69) is 10.2 Å². The van der Waals surface area contributed by atoms with E-state index in [0.717, 1.165) is 30.8 Å². The minimum atomic E-state index is -0.242. The van der Waals surface area contributed by atoms with Gasteiger partial charge in [-0.2, -0.15) is 5.10 Å². The molecule has 0 radical (unpaired) electrons. The van der Waals surface area contributed by atoms with Gasteiger partial charge in [0.1, 0.15) is 0 Å². The Morgan fingerprint density at radius 2 is 2.00 bits per heavy atom. The van der Waals surface area contributed by atoms with E-state index in [1.807, 2.05) is 41.3 Å². The number of piperidine rings is 1. The van der Waals surface area contributed by atoms with Gasteiger partial charge in [0.05, 0.1) is 5.92 Å². The molecule has 2 aliphatic heterocycles. The van der Waals surface area contributed by atoms with Crippen LogP contribution in [0.15, 0.2) is 42.6 Å². The van der Waals surface area contributed by atoms with E-state index < -0.39 is 0 Å². The van der Waals surface area contributed by atoms with Crippen molar-refractivity contribution in [1.29, 1.82) is 0 Å². The Hall–Kier alpha value is -2.63. The molecule has 1 aromatic heterocycles. The van der Waals surface area contributed by atoms with Crippen molar-refractivity contribution in [3.05, 3.63) is 48.3 Å². The van der Waals surface area contributed by atoms with Gasteiger partial charge in [0.15, 0.2) is 0 Å². The number of hydrogen-bond acceptors (Lipinski definition) is 3. The van der Waals surface area contributed by atoms with Crippen molar-refractivity contribution in [3.63, 3.8) is 0 Å². The maximum Gasteiger partial charge on any atom is 0.228 e. The summed E-state index contributed by atoms with van der Waals surface area (Å²) in [7, 11) is 0. The van der Waals surface area contributed by atoms with Crippen LogP contribution in [0.4, 0.5) is 5.69 Å². The molecule has 0 unspecified atom stereocenters. The number of rotatable bonds is 3. The highest BCUT2D eigenvalue weighted by Crippen LogP contribution is 2.30. The van der Waals surface area contributed by atoms with Gasteiger partial charge in [0, 0.05) is 49.6 Å². The molecule has 2 aromatic rings. The lowest BCUT2D eigenvalue weighted by Gasteiger charge is -2.33. The number of aromatic nitrogens is 2. The quantitative estimate of drug-likeness (QED) is 0.932. The number of nitrogens with one attached hydrogen (secondary N) is 1. The first-order chi connectivity index (χ1) is 12.2. The monoisotopic (exact) mass is 338 g/mol. The Bertz CT molecular complexity index is 744. The first-order valence-electron chi connectivity index (χ1n) is 8.86. The van der Waals surface area contributed by atoms with E-state index in [9.17, 15) is 9.59 Å². The van der Waals surface area contributed by atoms with Crippen molar-refractivity contribution in [2.75, 3.05) is 24.5 Å². The molecule has 6 nitrogen and oxygen atoms in total. The van der Waals surface area contributed by atoms with Gasteiger partial charge in [0.25, 0.3) is 0 Å². The van der Waals surface area contributed by atoms with Crippen molar-refractivity contribution in [3.8, 4) is 0 Å². The molecule has 0 aliphatic carbocycles. The molecule has 2 saturated heterocycles. The number of carbonyl (C=O) groups is 2. The summed E-state index contributed by atoms with van der Waals surface area (Å²) in [6.07, 6.45) is 4.10. The lowest BCUT2D eigenvalue weighted by molar-refractivity contribution is -0.137. The number of likely N-dealkylation sites (tertiary alicyclic amines) is 1. The number of benzene rings is 1. The van der Waals surface area contributed by atoms with Crippen LogP contribution in [-0.4, -0.2) is 46.5 Å². The summed E-state index contributed by atoms with van der Waals surface area (Å²) in [6.45, 7) is 1.96. The fourth-order valence-corrected chi connectivity index (χ4v) is 3.91. The maximum atomic E-state index is 13.0. The molecular formula is C19H22N4O2. The number of amides is 2. The highest BCUT2D eigenvalue weighted by atomic mass is 16.2. The van der Waals surface area contributed by atoms with E-state index in [1.165, 1.54) is 0 Å². The van der Waals surface area contributed by atoms with Crippen LogP contribution < -0.4 is 4.90 Å². The van der Waals surface area contributed by atoms with Crippen LogP contribution in [0.1, 0.15) is 30.9 Å². The number of aromatic amines is 1. The number of anilines is 1. The van der Waals surface area contributed by atoms with Gasteiger partial charge in [-0.15, -0.1) is 0 Å². The minimum absolute atomic E-state index is 0.0340. The predicted octanol–water partition coefficient (Wildman–Crippen LogP) is 2.17. The molecule has 1 N–H and O–H groups in total. The van der Waals surface area contributed by atoms with E-state index >= 15 is 0 Å². The number of carbonyl (C=O) groups excluding carboxylic acids is 2. The number of H-pyrrole nitrogens is 1. The fraction of sp³-hybridized carbons (Fsp3) is 0.421. The summed E-state index contributed by atoms with van der Waals surface area (Å²) < 4.78 is 0. The van der Waals surface area contributed by atoms with Crippen LogP contribution in [0, 0.1) is 5.92 Å². The zero-order chi connectivity index (χ0) is 17.2. The Morgan fingerprint density at radius 3 is 2.76 bits per heavy atom. The Morgan fingerprint density at radius 1 is 1.16 bits per heavy atom. The van der Waals surface area contributed by atoms with Crippen LogP contribution in [-0.2, 0) is 9.59 Å². The Labute approximate surface area is 146 Å². The summed E-state index contributed by atoms with van der Waals surface area (Å²) >= 11 is 0. The van der Waals surface area contributed by atoms with Crippen LogP contribution in [0.25, 0.3) is 0 Å². The molecule has 0 spiro atoms. The summed E-state index contributed by atoms with van der Waals surface area (Å²) in [5.41, 5.74) is 1.96. The molecular weight excluding hydrogens is 316 g/mol. The molecule has 1 aromatic carbocycles. The second-order valence-electron chi connectivity index (χ2n) is 6.88. The van der Waals surface area contributed by atoms with E-state index in [4.69, 9.17) is 0 Å². The smallest absolute Gasteiger partial charge is 0.228 e. The summed E-state index contributed by atoms with van der Waals surface area (Å²) in [6, 6.07) is 11.6. The van der Waals surface area contributed by atoms with Crippen molar-refractivity contribution in [1.82, 2.24) is 15.1 Å². The normalized spacial score (nSPS) is 23.9. The second kappa shape index (κ2) is 6.70. The van der Waals surface area contributed by atoms with Crippen LogP contribution in [0.3, 0.4) is 0 Å². The van der Waals surface area contributed by atoms with Gasteiger partial charge >= 0.3 is 0 Å². The van der Waals surface area contributed by atoms with Gasteiger partial charge in [-0.25, -0.2) is 0 Å². The standard InChI is InChI=1S/C19H22N4O2/c24-18-11-15(13-23(18)16-6-2-1-3-7-16)19(25)22-10-4-5-14(12-22)17-8-9-20-21-17/h1-3,6-9,14-15H,4-5,10-13H2,(H,20,21)/t14-,15+/m0/s1. The second-order valence-corrected chi connectivity index (χ2v) is 6.88. The first-order valence-corrected chi connectivity index (χ1v) is 8.86. The first kappa shape index (κ1) is 15.9. The largest absolute Gasteiger partial charge is 0.342 e. The van der Waals surface area contributed by atoms with E-state index in [-0.39, 0.29) is 17.7 Å². The molecule has 4 rings (SSSR count). The average molecular weight is 338 g/mol. The average Bonchev–Trinajstić information content (AvgIpc) is 3.32. The topological polar surface area (TPSA) is 69.3 Å². The molecule has 3 heterocycles. The van der Waals surface area contributed by atoms with Crippen LogP contribution in [0.5, 0.6) is 0 Å². The van der Waals surface area contributed by atoms with Gasteiger partial charge in [-0.1, -0.05) is 18.2 Å². The summed E-state index contributed by atoms with van der Waals surface area (Å²) in [5, 5.41) is 7.04. The Balaban J connectivity index is 1.43. The van der Waals surface area contributed by atoms with Crippen molar-refractivity contribution in [2.24, 2.45) is 5.92 Å². The molecule has 25 heavy (non-hydrogen) atoms. The highest BCUT2D eigenvalue weighted by molar-refractivity contribution is 6.00.